The molecule has 7 heteroatoms. The summed E-state index contributed by atoms with van der Waals surface area (Å²) in [5, 5.41) is 3.07. The fraction of sp³-hybridized carbons (Fsp3) is 0.538. The lowest BCUT2D eigenvalue weighted by molar-refractivity contribution is 0.0754. The molecule has 0 aliphatic carbocycles. The van der Waals surface area contributed by atoms with E-state index in [1.54, 1.807) is 12.1 Å². The minimum absolute atomic E-state index is 0.167. The molecule has 1 heterocycles. The number of carbonyl (C=O) groups is 1. The van der Waals surface area contributed by atoms with Gasteiger partial charge in [-0.1, -0.05) is 11.6 Å². The maximum Gasteiger partial charge on any atom is 0.271 e. The van der Waals surface area contributed by atoms with Gasteiger partial charge in [0.1, 0.15) is 11.5 Å². The van der Waals surface area contributed by atoms with Crippen molar-refractivity contribution in [1.82, 2.24) is 10.3 Å². The monoisotopic (exact) mass is 300 g/mol. The molecule has 0 unspecified atom stereocenters. The number of hydrogen-bond acceptors (Lipinski definition) is 5. The molecule has 1 aromatic heterocycles. The van der Waals surface area contributed by atoms with E-state index in [9.17, 15) is 4.79 Å². The second kappa shape index (κ2) is 8.73. The zero-order chi connectivity index (χ0) is 15.0. The number of nitrogens with two attached hydrogens (primary N) is 1. The summed E-state index contributed by atoms with van der Waals surface area (Å²) in [5.41, 5.74) is 2.54. The first-order chi connectivity index (χ1) is 9.54. The quantitative estimate of drug-likeness (QED) is 0.388. The normalized spacial score (nSPS) is 10.7. The highest BCUT2D eigenvalue weighted by atomic mass is 35.5. The van der Waals surface area contributed by atoms with Gasteiger partial charge in [0, 0.05) is 13.2 Å². The Hall–Kier alpha value is -1.37. The highest BCUT2D eigenvalue weighted by Gasteiger charge is 2.12. The topological polar surface area (TPSA) is 89.3 Å². The molecule has 0 bridgehead atoms. The number of hydrogen-bond donors (Lipinski definition) is 3. The molecule has 0 saturated carbocycles. The fourth-order valence-corrected chi connectivity index (χ4v) is 1.70. The molecule has 20 heavy (non-hydrogen) atoms. The number of aromatic nitrogens is 1. The minimum Gasteiger partial charge on any atom is -0.379 e. The number of rotatable bonds is 8. The molecule has 1 amide bonds. The van der Waals surface area contributed by atoms with E-state index < -0.39 is 0 Å². The summed E-state index contributed by atoms with van der Waals surface area (Å²) in [6, 6.07) is 3.18. The number of unbranched alkanes of at least 4 members (excludes halogenated alkanes) is 1. The second-order valence-electron chi connectivity index (χ2n) is 4.55. The lowest BCUT2D eigenvalue weighted by atomic mass is 10.3. The van der Waals surface area contributed by atoms with Crippen LogP contribution >= 0.6 is 11.6 Å². The third-order valence-electron chi connectivity index (χ3n) is 2.52. The van der Waals surface area contributed by atoms with E-state index in [-0.39, 0.29) is 17.7 Å². The van der Waals surface area contributed by atoms with Crippen LogP contribution in [0.3, 0.4) is 0 Å². The summed E-state index contributed by atoms with van der Waals surface area (Å²) >= 11 is 5.93. The molecule has 4 N–H and O–H groups in total. The van der Waals surface area contributed by atoms with E-state index in [1.807, 2.05) is 13.8 Å². The van der Waals surface area contributed by atoms with Crippen LogP contribution in [0.2, 0.25) is 5.02 Å². The van der Waals surface area contributed by atoms with Crippen molar-refractivity contribution in [1.29, 1.82) is 0 Å². The van der Waals surface area contributed by atoms with E-state index in [2.05, 4.69) is 15.7 Å². The predicted molar refractivity (Wildman–Crippen MR) is 79.7 cm³/mol. The molecule has 6 nitrogen and oxygen atoms in total. The van der Waals surface area contributed by atoms with Crippen LogP contribution in [0, 0.1) is 0 Å². The summed E-state index contributed by atoms with van der Waals surface area (Å²) in [7, 11) is 0. The molecule has 0 aliphatic rings. The first-order valence-corrected chi connectivity index (χ1v) is 6.95. The Bertz CT molecular complexity index is 440. The molecule has 0 radical (unpaired) electrons. The molecule has 1 aromatic rings. The van der Waals surface area contributed by atoms with Crippen molar-refractivity contribution in [2.45, 2.75) is 32.8 Å². The van der Waals surface area contributed by atoms with Gasteiger partial charge in [0.15, 0.2) is 0 Å². The lowest BCUT2D eigenvalue weighted by Gasteiger charge is -2.09. The van der Waals surface area contributed by atoms with Crippen molar-refractivity contribution in [3.8, 4) is 0 Å². The van der Waals surface area contributed by atoms with E-state index >= 15 is 0 Å². The maximum absolute atomic E-state index is 11.9. The second-order valence-corrected chi connectivity index (χ2v) is 4.96. The molecule has 112 valence electrons. The van der Waals surface area contributed by atoms with Crippen molar-refractivity contribution < 1.29 is 9.53 Å². The Labute approximate surface area is 124 Å². The van der Waals surface area contributed by atoms with E-state index in [1.165, 1.54) is 0 Å². The summed E-state index contributed by atoms with van der Waals surface area (Å²) in [5.74, 6) is 5.33. The summed E-state index contributed by atoms with van der Waals surface area (Å²) in [4.78, 5) is 15.9. The van der Waals surface area contributed by atoms with Crippen LogP contribution in [0.4, 0.5) is 5.82 Å². The van der Waals surface area contributed by atoms with Crippen LogP contribution in [-0.4, -0.2) is 30.1 Å². The number of pyridine rings is 1. The average molecular weight is 301 g/mol. The van der Waals surface area contributed by atoms with Gasteiger partial charge >= 0.3 is 0 Å². The number of anilines is 1. The number of amides is 1. The number of nitrogens with zero attached hydrogens (tertiary/aromatic N) is 1. The Morgan fingerprint density at radius 3 is 2.85 bits per heavy atom. The largest absolute Gasteiger partial charge is 0.379 e. The smallest absolute Gasteiger partial charge is 0.271 e. The van der Waals surface area contributed by atoms with Gasteiger partial charge in [0.05, 0.1) is 11.1 Å². The van der Waals surface area contributed by atoms with E-state index in [0.29, 0.717) is 24.0 Å². The molecular weight excluding hydrogens is 280 g/mol. The number of halogens is 1. The minimum atomic E-state index is -0.308. The maximum atomic E-state index is 11.9. The predicted octanol–water partition coefficient (Wildman–Crippen LogP) is 1.96. The number of nitrogens with one attached hydrogen (secondary N) is 2. The molecular formula is C13H21ClN4O2. The first-order valence-electron chi connectivity index (χ1n) is 6.57. The van der Waals surface area contributed by atoms with Crippen LogP contribution in [0.1, 0.15) is 37.2 Å². The van der Waals surface area contributed by atoms with Crippen molar-refractivity contribution in [2.24, 2.45) is 5.84 Å². The van der Waals surface area contributed by atoms with Crippen LogP contribution in [-0.2, 0) is 4.74 Å². The first kappa shape index (κ1) is 16.7. The third-order valence-corrected chi connectivity index (χ3v) is 2.82. The highest BCUT2D eigenvalue weighted by molar-refractivity contribution is 6.33. The summed E-state index contributed by atoms with van der Waals surface area (Å²) in [6.45, 7) is 5.24. The molecule has 0 spiro atoms. The van der Waals surface area contributed by atoms with Crippen LogP contribution < -0.4 is 16.6 Å². The average Bonchev–Trinajstić information content (AvgIpc) is 2.42. The molecule has 0 aromatic carbocycles. The van der Waals surface area contributed by atoms with Gasteiger partial charge in [0.25, 0.3) is 5.91 Å². The Kier molecular flexibility index (Phi) is 7.28. The van der Waals surface area contributed by atoms with Gasteiger partial charge in [-0.2, -0.15) is 0 Å². The van der Waals surface area contributed by atoms with Crippen molar-refractivity contribution in [3.63, 3.8) is 0 Å². The van der Waals surface area contributed by atoms with E-state index in [4.69, 9.17) is 22.2 Å². The lowest BCUT2D eigenvalue weighted by Crippen LogP contribution is -2.26. The fourth-order valence-electron chi connectivity index (χ4n) is 1.51. The van der Waals surface area contributed by atoms with Crippen molar-refractivity contribution in [2.75, 3.05) is 18.6 Å². The van der Waals surface area contributed by atoms with Gasteiger partial charge in [-0.3, -0.25) is 4.79 Å². The van der Waals surface area contributed by atoms with Crippen molar-refractivity contribution >= 4 is 23.3 Å². The molecule has 1 rings (SSSR count). The van der Waals surface area contributed by atoms with Crippen LogP contribution in [0.15, 0.2) is 12.1 Å². The van der Waals surface area contributed by atoms with Crippen LogP contribution in [0.25, 0.3) is 0 Å². The summed E-state index contributed by atoms with van der Waals surface area (Å²) in [6.07, 6.45) is 1.97. The number of ether oxygens (including phenoxy) is 1. The zero-order valence-electron chi connectivity index (χ0n) is 11.8. The van der Waals surface area contributed by atoms with Gasteiger partial charge in [-0.05, 0) is 38.8 Å². The number of nitrogen functional groups attached to an aromatic ring is 1. The number of carbonyl (C=O) groups excluding carboxylic acids is 1. The standard InChI is InChI=1S/C13H21ClN4O2/c1-9(2)20-8-4-3-7-16-13(19)12-10(14)5-6-11(17-12)18-15/h5-6,9H,3-4,7-8,15H2,1-2H3,(H,16,19)(H,17,18). The van der Waals surface area contributed by atoms with Gasteiger partial charge in [0.2, 0.25) is 0 Å². The van der Waals surface area contributed by atoms with E-state index in [0.717, 1.165) is 12.8 Å². The summed E-state index contributed by atoms with van der Waals surface area (Å²) < 4.78 is 5.41. The number of hydrazine groups is 1. The third kappa shape index (κ3) is 5.73. The SMILES string of the molecule is CC(C)OCCCCNC(=O)c1nc(NN)ccc1Cl. The van der Waals surface area contributed by atoms with Gasteiger partial charge in [-0.15, -0.1) is 0 Å². The molecule has 0 saturated heterocycles. The van der Waals surface area contributed by atoms with Crippen molar-refractivity contribution in [3.05, 3.63) is 22.8 Å². The Morgan fingerprint density at radius 1 is 1.45 bits per heavy atom. The van der Waals surface area contributed by atoms with Crippen LogP contribution in [0.5, 0.6) is 0 Å². The molecule has 0 fully saturated rings. The van der Waals surface area contributed by atoms with Gasteiger partial charge < -0.3 is 15.5 Å². The molecule has 0 atom stereocenters. The highest BCUT2D eigenvalue weighted by Crippen LogP contribution is 2.16. The molecule has 0 aliphatic heterocycles. The Balaban J connectivity index is 2.36. The van der Waals surface area contributed by atoms with Gasteiger partial charge in [-0.25, -0.2) is 10.8 Å². The Morgan fingerprint density at radius 2 is 2.20 bits per heavy atom. The zero-order valence-corrected chi connectivity index (χ0v) is 12.5.